The molecule has 0 aliphatic rings. The molecule has 16 nitrogen and oxygen atoms in total. The summed E-state index contributed by atoms with van der Waals surface area (Å²) >= 11 is 0. The van der Waals surface area contributed by atoms with E-state index in [0.29, 0.717) is 0 Å². The number of rotatable bonds is 7. The Morgan fingerprint density at radius 1 is 0.444 bits per heavy atom. The van der Waals surface area contributed by atoms with Crippen molar-refractivity contribution in [2.75, 3.05) is 13.2 Å². The zero-order chi connectivity index (χ0) is 26.6. The van der Waals surface area contributed by atoms with Gasteiger partial charge < -0.3 is 51.8 Å². The van der Waals surface area contributed by atoms with Gasteiger partial charge in [-0.05, 0) is 36.4 Å². The fourth-order valence-electron chi connectivity index (χ4n) is 2.08. The molecule has 0 saturated heterocycles. The van der Waals surface area contributed by atoms with E-state index in [9.17, 15) is 28.8 Å². The molecule has 2 aromatic carbocycles. The maximum atomic E-state index is 10.6. The molecule has 36 heavy (non-hydrogen) atoms. The highest BCUT2D eigenvalue weighted by molar-refractivity contribution is 6.04. The second-order valence-corrected chi connectivity index (χ2v) is 5.80. The lowest BCUT2D eigenvalue weighted by atomic mass is 10.0. The molecule has 0 atom stereocenters. The van der Waals surface area contributed by atoms with Gasteiger partial charge >= 0.3 is 35.8 Å². The van der Waals surface area contributed by atoms with Crippen LogP contribution >= 0.6 is 0 Å². The first-order valence-electron chi connectivity index (χ1n) is 8.67. The van der Waals surface area contributed by atoms with Gasteiger partial charge in [-0.3, -0.25) is 0 Å². The molecule has 0 unspecified atom stereocenters. The summed E-state index contributed by atoms with van der Waals surface area (Å²) in [6.07, 6.45) is 0. The van der Waals surface area contributed by atoms with Crippen LogP contribution in [0.15, 0.2) is 36.4 Å². The van der Waals surface area contributed by atoms with E-state index in [2.05, 4.69) is 0 Å². The van der Waals surface area contributed by atoms with Gasteiger partial charge in [0.2, 0.25) is 0 Å². The van der Waals surface area contributed by atoms with E-state index in [4.69, 9.17) is 40.9 Å². The molecule has 0 aromatic heterocycles. The minimum atomic E-state index is -1.48. The summed E-state index contributed by atoms with van der Waals surface area (Å²) in [5, 5.41) is 67.0. The average molecular weight is 518 g/mol. The lowest BCUT2D eigenvalue weighted by Crippen LogP contribution is -2.10. The third-order valence-electron chi connectivity index (χ3n) is 3.55. The Bertz CT molecular complexity index is 1020. The summed E-state index contributed by atoms with van der Waals surface area (Å²) < 4.78 is 0. The fraction of sp³-hybridized carbons (Fsp3) is 0.100. The van der Waals surface area contributed by atoms with Gasteiger partial charge in [0.15, 0.2) is 0 Å². The first-order valence-corrected chi connectivity index (χ1v) is 8.67. The van der Waals surface area contributed by atoms with E-state index in [-0.39, 0.29) is 35.3 Å². The van der Waals surface area contributed by atoms with Crippen LogP contribution in [-0.4, -0.2) is 101 Å². The van der Waals surface area contributed by atoms with Gasteiger partial charge in [0, 0.05) is 0 Å². The highest BCUT2D eigenvalue weighted by Gasteiger charge is 2.19. The lowest BCUT2D eigenvalue weighted by Gasteiger charge is -2.02. The van der Waals surface area contributed by atoms with E-state index >= 15 is 0 Å². The molecule has 0 bridgehead atoms. The van der Waals surface area contributed by atoms with Crippen LogP contribution < -0.4 is 0 Å². The fourth-order valence-corrected chi connectivity index (χ4v) is 2.08. The molecular weight excluding hydrogens is 496 g/mol. The number of carbonyl (C=O) groups is 6. The van der Waals surface area contributed by atoms with E-state index in [1.165, 1.54) is 0 Å². The van der Waals surface area contributed by atoms with Crippen molar-refractivity contribution in [3.8, 4) is 0 Å². The summed E-state index contributed by atoms with van der Waals surface area (Å²) in [6.45, 7) is -0.250. The number of aliphatic hydroxyl groups is 2. The highest BCUT2D eigenvalue weighted by atomic mass is 16.4. The Balaban J connectivity index is -0.000000502. The second kappa shape index (κ2) is 16.7. The van der Waals surface area contributed by atoms with Crippen molar-refractivity contribution in [1.29, 1.82) is 0 Å². The lowest BCUT2D eigenvalue weighted by molar-refractivity contribution is 0.0648. The molecule has 0 saturated carbocycles. The number of carboxylic acids is 6. The Morgan fingerprint density at radius 3 is 0.861 bits per heavy atom. The van der Waals surface area contributed by atoms with E-state index in [1.807, 2.05) is 0 Å². The van der Waals surface area contributed by atoms with E-state index in [1.54, 1.807) is 0 Å². The molecule has 0 aliphatic carbocycles. The van der Waals surface area contributed by atoms with Gasteiger partial charge in [-0.15, -0.1) is 0 Å². The molecule has 0 aliphatic heterocycles. The van der Waals surface area contributed by atoms with Crippen LogP contribution in [0, 0.1) is 0 Å². The molecule has 0 radical (unpaired) electrons. The van der Waals surface area contributed by atoms with Crippen molar-refractivity contribution in [2.45, 2.75) is 0 Å². The average Bonchev–Trinajstić information content (AvgIpc) is 2.78. The summed E-state index contributed by atoms with van der Waals surface area (Å²) in [5.41, 5.74) is -2.49. The minimum Gasteiger partial charge on any atom is -0.478 e. The van der Waals surface area contributed by atoms with Gasteiger partial charge in [0.05, 0.1) is 46.6 Å². The van der Waals surface area contributed by atoms with Crippen LogP contribution in [0.5, 0.6) is 0 Å². The van der Waals surface area contributed by atoms with Crippen LogP contribution in [0.3, 0.4) is 0 Å². The van der Waals surface area contributed by atoms with Crippen LogP contribution in [0.25, 0.3) is 0 Å². The van der Waals surface area contributed by atoms with Crippen LogP contribution in [0.4, 0.5) is 0 Å². The molecule has 198 valence electrons. The van der Waals surface area contributed by atoms with Crippen molar-refractivity contribution in [3.63, 3.8) is 0 Å². The monoisotopic (exact) mass is 518 g/mol. The van der Waals surface area contributed by atoms with Gasteiger partial charge in [-0.2, -0.15) is 0 Å². The molecular formula is C20H22O16. The SMILES string of the molecule is O.O.O=C(O)c1ccc(C(=O)O)c(C(=O)O)c1.O=C(O)c1ccc(C(=O)O)c(C(=O)O)c1.OCCO. The van der Waals surface area contributed by atoms with E-state index in [0.717, 1.165) is 36.4 Å². The van der Waals surface area contributed by atoms with Crippen molar-refractivity contribution >= 4 is 35.8 Å². The second-order valence-electron chi connectivity index (χ2n) is 5.80. The zero-order valence-electron chi connectivity index (χ0n) is 17.9. The number of benzene rings is 2. The normalized spacial score (nSPS) is 8.83. The molecule has 2 rings (SSSR count). The largest absolute Gasteiger partial charge is 0.478 e. The predicted molar refractivity (Wildman–Crippen MR) is 116 cm³/mol. The molecule has 0 spiro atoms. The summed E-state index contributed by atoms with van der Waals surface area (Å²) in [6, 6.07) is 5.61. The van der Waals surface area contributed by atoms with Gasteiger partial charge in [-0.1, -0.05) is 0 Å². The minimum absolute atomic E-state index is 0. The third kappa shape index (κ3) is 10.8. The molecule has 16 heteroatoms. The third-order valence-corrected chi connectivity index (χ3v) is 3.55. The van der Waals surface area contributed by atoms with Gasteiger partial charge in [-0.25, -0.2) is 28.8 Å². The van der Waals surface area contributed by atoms with Crippen LogP contribution in [-0.2, 0) is 0 Å². The molecule has 0 heterocycles. The first-order chi connectivity index (χ1) is 15.8. The molecule has 0 amide bonds. The van der Waals surface area contributed by atoms with Crippen molar-refractivity contribution in [2.24, 2.45) is 0 Å². The Labute approximate surface area is 200 Å². The van der Waals surface area contributed by atoms with Crippen LogP contribution in [0.2, 0.25) is 0 Å². The topological polar surface area (TPSA) is 327 Å². The Kier molecular flexibility index (Phi) is 16.5. The number of aliphatic hydroxyl groups excluding tert-OH is 2. The number of carboxylic acid groups (broad SMARTS) is 6. The maximum Gasteiger partial charge on any atom is 0.336 e. The standard InChI is InChI=1S/2C9H6O6.C2H6O2.2H2O/c2*10-7(11)4-1-2-5(8(12)13)6(3-4)9(14)15;3-1-2-4;;/h2*1-3H,(H,10,11)(H,12,13)(H,14,15);3-4H,1-2H2;2*1H2. The summed E-state index contributed by atoms with van der Waals surface area (Å²) in [4.78, 5) is 63.5. The van der Waals surface area contributed by atoms with Crippen LogP contribution in [0.1, 0.15) is 62.1 Å². The van der Waals surface area contributed by atoms with Crippen molar-refractivity contribution in [3.05, 3.63) is 69.8 Å². The Morgan fingerprint density at radius 2 is 0.694 bits per heavy atom. The Hall–Kier alpha value is -4.90. The van der Waals surface area contributed by atoms with Gasteiger partial charge in [0.25, 0.3) is 0 Å². The summed E-state index contributed by atoms with van der Waals surface area (Å²) in [7, 11) is 0. The molecule has 12 N–H and O–H groups in total. The molecule has 0 fully saturated rings. The highest BCUT2D eigenvalue weighted by Crippen LogP contribution is 2.13. The zero-order valence-corrected chi connectivity index (χ0v) is 17.9. The maximum absolute atomic E-state index is 10.6. The van der Waals surface area contributed by atoms with Crippen molar-refractivity contribution < 1.29 is 80.6 Å². The quantitative estimate of drug-likeness (QED) is 0.215. The summed E-state index contributed by atoms with van der Waals surface area (Å²) in [5.74, 6) is -8.40. The first kappa shape index (κ1) is 35.7. The van der Waals surface area contributed by atoms with Gasteiger partial charge in [0.1, 0.15) is 0 Å². The molecule has 2 aromatic rings. The predicted octanol–water partition coefficient (Wildman–Crippen LogP) is -1.12. The number of aromatic carboxylic acids is 6. The van der Waals surface area contributed by atoms with E-state index < -0.39 is 58.1 Å². The number of hydrogen-bond acceptors (Lipinski definition) is 8. The van der Waals surface area contributed by atoms with Crippen molar-refractivity contribution in [1.82, 2.24) is 0 Å². The number of hydrogen-bond donors (Lipinski definition) is 8. The smallest absolute Gasteiger partial charge is 0.336 e.